The van der Waals surface area contributed by atoms with E-state index in [0.717, 1.165) is 27.1 Å². The Morgan fingerprint density at radius 2 is 2.08 bits per heavy atom. The average Bonchev–Trinajstić information content (AvgIpc) is 3.43. The van der Waals surface area contributed by atoms with E-state index in [4.69, 9.17) is 11.6 Å². The van der Waals surface area contributed by atoms with Gasteiger partial charge in [-0.1, -0.05) is 51.2 Å². The van der Waals surface area contributed by atoms with Crippen molar-refractivity contribution in [1.29, 1.82) is 0 Å². The van der Waals surface area contributed by atoms with Gasteiger partial charge in [-0.15, -0.1) is 11.3 Å². The van der Waals surface area contributed by atoms with Crippen LogP contribution in [-0.4, -0.2) is 68.4 Å². The number of thiophene rings is 1. The number of likely N-dealkylation sites (N-methyl/N-ethyl adjacent to an activating group) is 1. The first-order valence-electron chi connectivity index (χ1n) is 12.1. The van der Waals surface area contributed by atoms with E-state index in [9.17, 15) is 4.79 Å². The number of carbonyl (C=O) groups excluding carboxylic acids is 1. The van der Waals surface area contributed by atoms with Crippen LogP contribution in [0.2, 0.25) is 4.34 Å². The van der Waals surface area contributed by atoms with E-state index in [1.807, 2.05) is 67.4 Å². The molecule has 2 aromatic heterocycles. The normalized spacial score (nSPS) is 18.8. The largest absolute Gasteiger partial charge is 0.344 e. The predicted molar refractivity (Wildman–Crippen MR) is 169 cm³/mol. The van der Waals surface area contributed by atoms with Crippen LogP contribution in [0.25, 0.3) is 11.1 Å². The molecule has 0 bridgehead atoms. The lowest BCUT2D eigenvalue weighted by atomic mass is 9.56. The molecule has 0 radical (unpaired) electrons. The number of hydrogen-bond acceptors (Lipinski definition) is 4. The quantitative estimate of drug-likeness (QED) is 0.125. The number of carbonyl (C=O) groups is 1. The summed E-state index contributed by atoms with van der Waals surface area (Å²) in [6, 6.07) is 10.1. The number of fused-ring (bicyclic) bond motifs is 1. The molecule has 3 atom stereocenters. The molecule has 3 aromatic rings. The molecule has 12 heteroatoms. The number of aromatic nitrogens is 2. The van der Waals surface area contributed by atoms with Crippen LogP contribution in [-0.2, 0) is 20.1 Å². The maximum absolute atomic E-state index is 15.3. The molecule has 0 fully saturated rings. The van der Waals surface area contributed by atoms with Crippen LogP contribution in [0.4, 0.5) is 4.39 Å². The monoisotopic (exact) mass is 668 g/mol. The third-order valence-corrected chi connectivity index (χ3v) is 9.10. The number of hydrogen-bond donors (Lipinski definition) is 0. The Bertz CT molecular complexity index is 1340. The summed E-state index contributed by atoms with van der Waals surface area (Å²) in [5.74, 6) is -0.163. The van der Waals surface area contributed by atoms with Crippen molar-refractivity contribution >= 4 is 76.4 Å². The van der Waals surface area contributed by atoms with Gasteiger partial charge >= 0.3 is 0 Å². The average molecular weight is 669 g/mol. The van der Waals surface area contributed by atoms with Crippen molar-refractivity contribution in [2.75, 3.05) is 27.2 Å². The summed E-state index contributed by atoms with van der Waals surface area (Å²) >= 11 is 9.86. The molecule has 4 rings (SSSR count). The van der Waals surface area contributed by atoms with Gasteiger partial charge in [-0.2, -0.15) is 5.10 Å². The molecule has 0 saturated carbocycles. The van der Waals surface area contributed by atoms with Crippen molar-refractivity contribution in [1.82, 2.24) is 19.6 Å². The Labute approximate surface area is 245 Å². The summed E-state index contributed by atoms with van der Waals surface area (Å²) < 4.78 is 16.0. The molecule has 3 unspecified atom stereocenters. The molecule has 1 aliphatic heterocycles. The van der Waals surface area contributed by atoms with Gasteiger partial charge in [-0.25, -0.2) is 4.39 Å². The number of halogens is 3. The molecule has 37 heavy (non-hydrogen) atoms. The predicted octanol–water partition coefficient (Wildman–Crippen LogP) is 4.14. The number of aryl methyl sites for hydroxylation is 1. The van der Waals surface area contributed by atoms with E-state index in [0.29, 0.717) is 29.7 Å². The second-order valence-electron chi connectivity index (χ2n) is 10.0. The van der Waals surface area contributed by atoms with E-state index in [2.05, 4.69) is 36.1 Å². The lowest BCUT2D eigenvalue weighted by Gasteiger charge is -2.46. The summed E-state index contributed by atoms with van der Waals surface area (Å²) in [5.41, 5.74) is 4.16. The van der Waals surface area contributed by atoms with Crippen molar-refractivity contribution in [2.45, 2.75) is 28.1 Å². The van der Waals surface area contributed by atoms with Crippen molar-refractivity contribution in [2.24, 2.45) is 0 Å². The van der Waals surface area contributed by atoms with Crippen molar-refractivity contribution in [3.63, 3.8) is 0 Å². The first-order valence-corrected chi connectivity index (χ1v) is 15.0. The number of alkyl halides is 2. The molecule has 0 spiro atoms. The van der Waals surface area contributed by atoms with Crippen molar-refractivity contribution < 1.29 is 9.18 Å². The Morgan fingerprint density at radius 1 is 1.38 bits per heavy atom. The Morgan fingerprint density at radius 3 is 2.73 bits per heavy atom. The van der Waals surface area contributed by atoms with Crippen LogP contribution in [0.3, 0.4) is 0 Å². The molecule has 5 nitrogen and oxygen atoms in total. The van der Waals surface area contributed by atoms with Crippen molar-refractivity contribution in [3.8, 4) is 11.1 Å². The SMILES string of the molecule is BC1(B)c2sc(Cl)cc2C(c2ccccc2-c2cn(CC)nc2C(F)(P)I)CN1C(=O)/C=C/CN(C)C. The first-order chi connectivity index (χ1) is 17.3. The fourth-order valence-electron chi connectivity index (χ4n) is 4.90. The molecule has 3 heterocycles. The number of nitrogens with zero attached hydrogens (tertiary/aromatic N) is 4. The Kier molecular flexibility index (Phi) is 8.66. The molecule has 0 saturated heterocycles. The van der Waals surface area contributed by atoms with E-state index < -0.39 is 8.75 Å². The molecule has 1 aliphatic rings. The third kappa shape index (κ3) is 5.88. The van der Waals surface area contributed by atoms with Crippen LogP contribution in [0, 0.1) is 0 Å². The number of benzene rings is 1. The fourth-order valence-corrected chi connectivity index (χ4v) is 6.92. The smallest absolute Gasteiger partial charge is 0.245 e. The zero-order valence-electron chi connectivity index (χ0n) is 21.6. The van der Waals surface area contributed by atoms with Crippen LogP contribution >= 0.6 is 54.8 Å². The Hall–Kier alpha value is -1.19. The van der Waals surface area contributed by atoms with Crippen LogP contribution in [0.1, 0.15) is 34.5 Å². The van der Waals surface area contributed by atoms with Gasteiger partial charge in [-0.05, 0) is 66.4 Å². The van der Waals surface area contributed by atoms with E-state index in [1.54, 1.807) is 33.3 Å². The zero-order chi connectivity index (χ0) is 27.1. The minimum absolute atomic E-state index is 0.0380. The molecule has 1 amide bonds. The minimum atomic E-state index is -1.72. The minimum Gasteiger partial charge on any atom is -0.344 e. The van der Waals surface area contributed by atoms with Crippen LogP contribution in [0.15, 0.2) is 48.7 Å². The molecular formula is C25H30B2ClFIN4OPS. The van der Waals surface area contributed by atoms with Gasteiger partial charge in [0.15, 0.2) is 0 Å². The third-order valence-electron chi connectivity index (χ3n) is 6.73. The van der Waals surface area contributed by atoms with E-state index in [1.165, 1.54) is 11.3 Å². The summed E-state index contributed by atoms with van der Waals surface area (Å²) in [6.07, 6.45) is 5.46. The summed E-state index contributed by atoms with van der Waals surface area (Å²) in [7, 11) is 10.3. The molecule has 0 N–H and O–H groups in total. The molecule has 1 aromatic carbocycles. The highest BCUT2D eigenvalue weighted by atomic mass is 127. The van der Waals surface area contributed by atoms with Gasteiger partial charge in [0.05, 0.1) is 4.34 Å². The summed E-state index contributed by atoms with van der Waals surface area (Å²) in [6.45, 7) is 3.79. The van der Waals surface area contributed by atoms with Gasteiger partial charge in [0.1, 0.15) is 21.4 Å². The highest BCUT2D eigenvalue weighted by molar-refractivity contribution is 14.1. The highest BCUT2D eigenvalue weighted by Gasteiger charge is 2.43. The second kappa shape index (κ2) is 11.1. The number of rotatable bonds is 7. The lowest BCUT2D eigenvalue weighted by molar-refractivity contribution is -0.128. The van der Waals surface area contributed by atoms with Gasteiger partial charge in [0, 0.05) is 53.6 Å². The second-order valence-corrected chi connectivity index (χ2v) is 15.2. The van der Waals surface area contributed by atoms with E-state index in [-0.39, 0.29) is 11.8 Å². The standard InChI is InChI=1S/C25H30B2ClFIN4OPS/c1-4-33-13-19(22(31-33)25(29,30)36)16-9-6-5-8-15(16)18-14-34(21(35)10-7-11-32(2)3)24(26,27)23-17(18)12-20(28)37-23/h5-10,12-13,18H,4,11,14,26-27,36H2,1-3H3/b10-7+. The molecular weight excluding hydrogens is 638 g/mol. The van der Waals surface area contributed by atoms with Gasteiger partial charge < -0.3 is 9.80 Å². The van der Waals surface area contributed by atoms with E-state index >= 15 is 4.39 Å². The molecule has 194 valence electrons. The zero-order valence-corrected chi connectivity index (χ0v) is 26.5. The topological polar surface area (TPSA) is 41.4 Å². The molecule has 0 aliphatic carbocycles. The van der Waals surface area contributed by atoms with Crippen LogP contribution < -0.4 is 0 Å². The summed E-state index contributed by atoms with van der Waals surface area (Å²) in [4.78, 5) is 18.5. The van der Waals surface area contributed by atoms with Gasteiger partial charge in [0.2, 0.25) is 9.32 Å². The first kappa shape index (κ1) is 28.8. The summed E-state index contributed by atoms with van der Waals surface area (Å²) in [5, 5.41) is 4.02. The van der Waals surface area contributed by atoms with Crippen molar-refractivity contribution in [3.05, 3.63) is 74.7 Å². The van der Waals surface area contributed by atoms with Gasteiger partial charge in [-0.3, -0.25) is 9.48 Å². The number of amides is 1. The van der Waals surface area contributed by atoms with Gasteiger partial charge in [0.25, 0.3) is 0 Å². The Balaban J connectivity index is 1.86. The lowest BCUT2D eigenvalue weighted by Crippen LogP contribution is -2.54. The van der Waals surface area contributed by atoms with Crippen LogP contribution in [0.5, 0.6) is 0 Å². The maximum atomic E-state index is 15.3. The highest BCUT2D eigenvalue weighted by Crippen LogP contribution is 2.49. The fraction of sp³-hybridized carbons (Fsp3) is 0.360. The maximum Gasteiger partial charge on any atom is 0.245 e.